The Kier molecular flexibility index (Phi) is 6.91. The van der Waals surface area contributed by atoms with Crippen LogP contribution in [0.5, 0.6) is 0 Å². The fourth-order valence-corrected chi connectivity index (χ4v) is 2.63. The largest absolute Gasteiger partial charge is 0.396 e. The molecule has 5 heteroatoms. The van der Waals surface area contributed by atoms with Gasteiger partial charge in [-0.05, 0) is 36.5 Å². The Morgan fingerprint density at radius 2 is 1.74 bits per heavy atom. The number of hydrogen-bond donors (Lipinski definition) is 3. The number of para-hydroxylation sites is 1. The predicted molar refractivity (Wildman–Crippen MR) is 94.0 cm³/mol. The molecular weight excluding hydrogens is 312 g/mol. The summed E-state index contributed by atoms with van der Waals surface area (Å²) in [7, 11) is 0. The third-order valence-corrected chi connectivity index (χ3v) is 3.98. The molecule has 23 heavy (non-hydrogen) atoms. The number of rotatable bonds is 7. The topological polar surface area (TPSA) is 61.4 Å². The quantitative estimate of drug-likeness (QED) is 0.717. The highest BCUT2D eigenvalue weighted by Crippen LogP contribution is 2.23. The summed E-state index contributed by atoms with van der Waals surface area (Å²) in [4.78, 5) is 11.9. The molecule has 0 unspecified atom stereocenters. The fraction of sp³-hybridized carbons (Fsp3) is 0.278. The van der Waals surface area contributed by atoms with E-state index < -0.39 is 0 Å². The second kappa shape index (κ2) is 9.18. The van der Waals surface area contributed by atoms with E-state index in [2.05, 4.69) is 10.6 Å². The van der Waals surface area contributed by atoms with Crippen LogP contribution < -0.4 is 10.6 Å². The van der Waals surface area contributed by atoms with Gasteiger partial charge in [-0.3, -0.25) is 0 Å². The van der Waals surface area contributed by atoms with Crippen LogP contribution in [0.15, 0.2) is 54.6 Å². The minimum Gasteiger partial charge on any atom is -0.396 e. The molecule has 3 N–H and O–H groups in total. The summed E-state index contributed by atoms with van der Waals surface area (Å²) in [6.45, 7) is 0.654. The van der Waals surface area contributed by atoms with Crippen molar-refractivity contribution >= 4 is 23.3 Å². The van der Waals surface area contributed by atoms with Crippen molar-refractivity contribution in [3.8, 4) is 0 Å². The van der Waals surface area contributed by atoms with Crippen LogP contribution in [0, 0.1) is 0 Å². The minimum atomic E-state index is -0.283. The number of halogens is 1. The third kappa shape index (κ3) is 5.58. The molecule has 0 heterocycles. The molecule has 2 rings (SSSR count). The van der Waals surface area contributed by atoms with Gasteiger partial charge in [-0.25, -0.2) is 4.79 Å². The third-order valence-electron chi connectivity index (χ3n) is 3.65. The highest BCUT2D eigenvalue weighted by atomic mass is 35.5. The van der Waals surface area contributed by atoms with Crippen LogP contribution in [-0.2, 0) is 0 Å². The summed E-state index contributed by atoms with van der Waals surface area (Å²) in [6, 6.07) is 16.8. The van der Waals surface area contributed by atoms with E-state index in [1.54, 1.807) is 12.1 Å². The molecule has 0 aliphatic heterocycles. The van der Waals surface area contributed by atoms with E-state index in [1.807, 2.05) is 42.5 Å². The van der Waals surface area contributed by atoms with Gasteiger partial charge in [0, 0.05) is 13.2 Å². The number of aliphatic hydroxyl groups excluding tert-OH is 1. The van der Waals surface area contributed by atoms with Crippen LogP contribution in [0.2, 0.25) is 5.02 Å². The first-order chi connectivity index (χ1) is 11.2. The zero-order valence-electron chi connectivity index (χ0n) is 12.8. The van der Waals surface area contributed by atoms with Crippen LogP contribution in [0.3, 0.4) is 0 Å². The number of carbonyl (C=O) groups excluding carboxylic acids is 1. The lowest BCUT2D eigenvalue weighted by atomic mass is 9.93. The first-order valence-corrected chi connectivity index (χ1v) is 8.03. The number of aliphatic hydroxyl groups is 1. The van der Waals surface area contributed by atoms with Crippen molar-refractivity contribution in [2.75, 3.05) is 18.5 Å². The lowest BCUT2D eigenvalue weighted by Gasteiger charge is -2.17. The maximum absolute atomic E-state index is 11.9. The zero-order valence-corrected chi connectivity index (χ0v) is 13.6. The molecule has 0 saturated heterocycles. The van der Waals surface area contributed by atoms with E-state index in [-0.39, 0.29) is 18.6 Å². The molecule has 0 fully saturated rings. The average molecular weight is 333 g/mol. The number of anilines is 1. The summed E-state index contributed by atoms with van der Waals surface area (Å²) < 4.78 is 0. The van der Waals surface area contributed by atoms with Gasteiger partial charge in [0.15, 0.2) is 0 Å². The van der Waals surface area contributed by atoms with Gasteiger partial charge >= 0.3 is 6.03 Å². The molecule has 0 spiro atoms. The number of benzene rings is 2. The van der Waals surface area contributed by atoms with Crippen molar-refractivity contribution < 1.29 is 9.90 Å². The first-order valence-electron chi connectivity index (χ1n) is 7.66. The van der Waals surface area contributed by atoms with Gasteiger partial charge in [0.25, 0.3) is 0 Å². The van der Waals surface area contributed by atoms with Gasteiger partial charge in [-0.2, -0.15) is 0 Å². The van der Waals surface area contributed by atoms with Gasteiger partial charge in [-0.1, -0.05) is 54.1 Å². The Balaban J connectivity index is 1.82. The van der Waals surface area contributed by atoms with Gasteiger partial charge in [0.05, 0.1) is 10.7 Å². The van der Waals surface area contributed by atoms with Gasteiger partial charge in [0.1, 0.15) is 0 Å². The van der Waals surface area contributed by atoms with Crippen molar-refractivity contribution in [2.45, 2.75) is 18.8 Å². The van der Waals surface area contributed by atoms with Crippen LogP contribution >= 0.6 is 11.6 Å². The molecule has 2 amide bonds. The summed E-state index contributed by atoms with van der Waals surface area (Å²) >= 11 is 6.00. The van der Waals surface area contributed by atoms with E-state index in [0.29, 0.717) is 23.7 Å². The molecule has 0 aliphatic rings. The molecule has 2 aromatic rings. The van der Waals surface area contributed by atoms with Crippen LogP contribution in [0.1, 0.15) is 24.3 Å². The van der Waals surface area contributed by atoms with Crippen LogP contribution in [-0.4, -0.2) is 24.3 Å². The smallest absolute Gasteiger partial charge is 0.319 e. The lowest BCUT2D eigenvalue weighted by Crippen LogP contribution is -2.30. The monoisotopic (exact) mass is 332 g/mol. The normalized spacial score (nSPS) is 11.7. The Bertz CT molecular complexity index is 619. The molecule has 122 valence electrons. The SMILES string of the molecule is O=C(NCC[C@@H](CCO)c1ccccc1)Nc1ccccc1Cl. The highest BCUT2D eigenvalue weighted by Gasteiger charge is 2.11. The van der Waals surface area contributed by atoms with Crippen LogP contribution in [0.25, 0.3) is 0 Å². The maximum atomic E-state index is 11.9. The summed E-state index contributed by atoms with van der Waals surface area (Å²) in [5.41, 5.74) is 1.76. The predicted octanol–water partition coefficient (Wildman–Crippen LogP) is 4.02. The van der Waals surface area contributed by atoms with E-state index in [9.17, 15) is 9.90 Å². The van der Waals surface area contributed by atoms with E-state index in [0.717, 1.165) is 6.42 Å². The maximum Gasteiger partial charge on any atom is 0.319 e. The average Bonchev–Trinajstić information content (AvgIpc) is 2.57. The number of nitrogens with one attached hydrogen (secondary N) is 2. The standard InChI is InChI=1S/C18H21ClN2O2/c19-16-8-4-5-9-17(16)21-18(23)20-12-10-15(11-13-22)14-6-2-1-3-7-14/h1-9,15,22H,10-13H2,(H2,20,21,23)/t15-/m0/s1. The number of hydrogen-bond acceptors (Lipinski definition) is 2. The van der Waals surface area contributed by atoms with E-state index in [1.165, 1.54) is 5.56 Å². The van der Waals surface area contributed by atoms with Gasteiger partial charge in [-0.15, -0.1) is 0 Å². The molecule has 4 nitrogen and oxygen atoms in total. The number of carbonyl (C=O) groups is 1. The highest BCUT2D eigenvalue weighted by molar-refractivity contribution is 6.33. The lowest BCUT2D eigenvalue weighted by molar-refractivity contribution is 0.250. The Morgan fingerprint density at radius 3 is 2.43 bits per heavy atom. The summed E-state index contributed by atoms with van der Waals surface area (Å²) in [6.07, 6.45) is 1.44. The fourth-order valence-electron chi connectivity index (χ4n) is 2.45. The molecule has 0 bridgehead atoms. The van der Waals surface area contributed by atoms with Gasteiger partial charge < -0.3 is 15.7 Å². The zero-order chi connectivity index (χ0) is 16.5. The Hall–Kier alpha value is -2.04. The summed E-state index contributed by atoms with van der Waals surface area (Å²) in [5.74, 6) is 0.224. The minimum absolute atomic E-state index is 0.130. The van der Waals surface area contributed by atoms with Crippen molar-refractivity contribution in [2.24, 2.45) is 0 Å². The number of amides is 2. The Labute approximate surface area is 141 Å². The van der Waals surface area contributed by atoms with E-state index >= 15 is 0 Å². The van der Waals surface area contributed by atoms with Crippen molar-refractivity contribution in [1.82, 2.24) is 5.32 Å². The molecule has 0 radical (unpaired) electrons. The molecule has 0 saturated carbocycles. The van der Waals surface area contributed by atoms with Crippen LogP contribution in [0.4, 0.5) is 10.5 Å². The van der Waals surface area contributed by atoms with Crippen molar-refractivity contribution in [1.29, 1.82) is 0 Å². The molecule has 0 aromatic heterocycles. The van der Waals surface area contributed by atoms with Gasteiger partial charge in [0.2, 0.25) is 0 Å². The second-order valence-electron chi connectivity index (χ2n) is 5.27. The summed E-state index contributed by atoms with van der Waals surface area (Å²) in [5, 5.41) is 15.3. The Morgan fingerprint density at radius 1 is 1.04 bits per heavy atom. The molecular formula is C18H21ClN2O2. The van der Waals surface area contributed by atoms with Crippen molar-refractivity contribution in [3.05, 3.63) is 65.2 Å². The van der Waals surface area contributed by atoms with Crippen molar-refractivity contribution in [3.63, 3.8) is 0 Å². The second-order valence-corrected chi connectivity index (χ2v) is 5.68. The first kappa shape index (κ1) is 17.3. The molecule has 0 aliphatic carbocycles. The molecule has 2 aromatic carbocycles. The molecule has 1 atom stereocenters. The number of urea groups is 1. The van der Waals surface area contributed by atoms with E-state index in [4.69, 9.17) is 11.6 Å².